The first-order valence-corrected chi connectivity index (χ1v) is 10.3. The Labute approximate surface area is 165 Å². The molecule has 0 saturated carbocycles. The summed E-state index contributed by atoms with van der Waals surface area (Å²) in [5.74, 6) is 0.262. The first-order valence-electron chi connectivity index (χ1n) is 8.16. The van der Waals surface area contributed by atoms with Gasteiger partial charge in [0.15, 0.2) is 6.10 Å². The Morgan fingerprint density at radius 2 is 2.19 bits per heavy atom. The van der Waals surface area contributed by atoms with Crippen LogP contribution in [-0.4, -0.2) is 52.2 Å². The fraction of sp³-hybridized carbons (Fsp3) is 0.471. The number of carbonyl (C=O) groups is 2. The van der Waals surface area contributed by atoms with Crippen LogP contribution in [0, 0.1) is 0 Å². The molecule has 9 heteroatoms. The average molecular weight is 444 g/mol. The van der Waals surface area contributed by atoms with Gasteiger partial charge in [0.2, 0.25) is 5.91 Å². The van der Waals surface area contributed by atoms with Gasteiger partial charge >= 0.3 is 6.09 Å². The molecule has 2 amide bonds. The van der Waals surface area contributed by atoms with E-state index >= 15 is 0 Å². The maximum absolute atomic E-state index is 12.7. The van der Waals surface area contributed by atoms with Gasteiger partial charge in [-0.2, -0.15) is 11.8 Å². The van der Waals surface area contributed by atoms with Crippen LogP contribution in [0.1, 0.15) is 18.4 Å². The molecule has 2 atom stereocenters. The molecular formula is C17H22BrN3O4S. The van der Waals surface area contributed by atoms with Crippen LogP contribution in [-0.2, 0) is 21.0 Å². The Morgan fingerprint density at radius 1 is 1.46 bits per heavy atom. The van der Waals surface area contributed by atoms with E-state index in [0.29, 0.717) is 17.5 Å². The van der Waals surface area contributed by atoms with Crippen molar-refractivity contribution in [1.29, 1.82) is 0 Å². The maximum atomic E-state index is 12.7. The van der Waals surface area contributed by atoms with Crippen molar-refractivity contribution in [1.82, 2.24) is 4.90 Å². The van der Waals surface area contributed by atoms with Gasteiger partial charge in [-0.1, -0.05) is 35.5 Å². The summed E-state index contributed by atoms with van der Waals surface area (Å²) in [6.45, 7) is 0.118. The molecule has 2 N–H and O–H groups in total. The van der Waals surface area contributed by atoms with Crippen LogP contribution in [0.5, 0.6) is 0 Å². The second-order valence-corrected chi connectivity index (χ2v) is 7.68. The third kappa shape index (κ3) is 6.30. The van der Waals surface area contributed by atoms with Gasteiger partial charge in [-0.25, -0.2) is 9.69 Å². The third-order valence-electron chi connectivity index (χ3n) is 3.72. The molecule has 0 saturated heterocycles. The van der Waals surface area contributed by atoms with E-state index in [2.05, 4.69) is 21.1 Å². The lowest BCUT2D eigenvalue weighted by molar-refractivity contribution is -0.132. The van der Waals surface area contributed by atoms with Crippen LogP contribution in [0.25, 0.3) is 0 Å². The SMILES string of the molecule is CSCC[C@H](N)C(=O)N(CC1CC(Br)=NO1)C(=O)OCc1ccccc1. The number of nitrogens with zero attached hydrogens (tertiary/aromatic N) is 2. The summed E-state index contributed by atoms with van der Waals surface area (Å²) in [5.41, 5.74) is 6.80. The van der Waals surface area contributed by atoms with Crippen LogP contribution in [0.4, 0.5) is 4.79 Å². The topological polar surface area (TPSA) is 94.2 Å². The predicted octanol–water partition coefficient (Wildman–Crippen LogP) is 2.73. The van der Waals surface area contributed by atoms with Gasteiger partial charge in [-0.05, 0) is 39.9 Å². The highest BCUT2D eigenvalue weighted by molar-refractivity contribution is 9.18. The van der Waals surface area contributed by atoms with Crippen LogP contribution in [0.15, 0.2) is 35.5 Å². The molecule has 142 valence electrons. The summed E-state index contributed by atoms with van der Waals surface area (Å²) >= 11 is 4.84. The fourth-order valence-corrected chi connectivity index (χ4v) is 3.25. The molecule has 0 aliphatic carbocycles. The van der Waals surface area contributed by atoms with Gasteiger partial charge < -0.3 is 15.3 Å². The number of rotatable bonds is 8. The number of halogens is 1. The van der Waals surface area contributed by atoms with Gasteiger partial charge in [0.05, 0.1) is 12.6 Å². The smallest absolute Gasteiger partial charge is 0.417 e. The Bertz CT molecular complexity index is 644. The zero-order chi connectivity index (χ0) is 18.9. The molecule has 1 unspecified atom stereocenters. The number of benzene rings is 1. The maximum Gasteiger partial charge on any atom is 0.417 e. The van der Waals surface area contributed by atoms with Crippen LogP contribution >= 0.6 is 27.7 Å². The highest BCUT2D eigenvalue weighted by Crippen LogP contribution is 2.17. The summed E-state index contributed by atoms with van der Waals surface area (Å²) in [7, 11) is 0. The standard InChI is InChI=1S/C17H22BrN3O4S/c1-26-8-7-14(19)16(22)21(10-13-9-15(18)20-25-13)17(23)24-11-12-5-3-2-4-6-12/h2-6,13-14H,7-11,19H2,1H3/t13?,14-/m0/s1. The molecule has 1 heterocycles. The molecule has 1 aromatic rings. The summed E-state index contributed by atoms with van der Waals surface area (Å²) in [6, 6.07) is 8.50. The minimum absolute atomic E-state index is 0.0397. The van der Waals surface area contributed by atoms with E-state index in [0.717, 1.165) is 16.2 Å². The van der Waals surface area contributed by atoms with Crippen molar-refractivity contribution in [3.63, 3.8) is 0 Å². The minimum Gasteiger partial charge on any atom is -0.444 e. The number of hydrogen-bond donors (Lipinski definition) is 1. The zero-order valence-electron chi connectivity index (χ0n) is 14.5. The van der Waals surface area contributed by atoms with E-state index in [1.54, 1.807) is 11.8 Å². The van der Waals surface area contributed by atoms with Gasteiger partial charge in [0, 0.05) is 6.42 Å². The molecule has 26 heavy (non-hydrogen) atoms. The number of carbonyl (C=O) groups excluding carboxylic acids is 2. The van der Waals surface area contributed by atoms with E-state index < -0.39 is 24.1 Å². The number of nitrogens with two attached hydrogens (primary N) is 1. The molecule has 0 aromatic heterocycles. The number of imide groups is 1. The average Bonchev–Trinajstić information content (AvgIpc) is 3.07. The van der Waals surface area contributed by atoms with Crippen molar-refractivity contribution in [3.8, 4) is 0 Å². The lowest BCUT2D eigenvalue weighted by Crippen LogP contribution is -2.49. The molecule has 0 radical (unpaired) electrons. The van der Waals surface area contributed by atoms with Crippen LogP contribution in [0.3, 0.4) is 0 Å². The number of ether oxygens (including phenoxy) is 1. The van der Waals surface area contributed by atoms with E-state index in [1.807, 2.05) is 36.6 Å². The molecule has 1 aliphatic heterocycles. The number of hydrogen-bond acceptors (Lipinski definition) is 7. The highest BCUT2D eigenvalue weighted by atomic mass is 79.9. The zero-order valence-corrected chi connectivity index (χ0v) is 16.9. The Morgan fingerprint density at radius 3 is 2.81 bits per heavy atom. The van der Waals surface area contributed by atoms with Crippen molar-refractivity contribution in [3.05, 3.63) is 35.9 Å². The summed E-state index contributed by atoms with van der Waals surface area (Å²) < 4.78 is 5.94. The lowest BCUT2D eigenvalue weighted by Gasteiger charge is -2.25. The van der Waals surface area contributed by atoms with Gasteiger partial charge in [-0.3, -0.25) is 4.79 Å². The van der Waals surface area contributed by atoms with Crippen molar-refractivity contribution >= 4 is 44.3 Å². The van der Waals surface area contributed by atoms with Crippen molar-refractivity contribution in [2.75, 3.05) is 18.6 Å². The predicted molar refractivity (Wildman–Crippen MR) is 105 cm³/mol. The second kappa shape index (κ2) is 10.5. The molecule has 1 aliphatic rings. The van der Waals surface area contributed by atoms with E-state index in [1.165, 1.54) is 0 Å². The molecule has 2 rings (SSSR count). The monoisotopic (exact) mass is 443 g/mol. The van der Waals surface area contributed by atoms with Gasteiger partial charge in [0.25, 0.3) is 0 Å². The molecule has 0 spiro atoms. The van der Waals surface area contributed by atoms with Crippen LogP contribution in [0.2, 0.25) is 0 Å². The lowest BCUT2D eigenvalue weighted by atomic mass is 10.2. The first kappa shape index (κ1) is 20.7. The Hall–Kier alpha value is -1.58. The van der Waals surface area contributed by atoms with E-state index in [9.17, 15) is 9.59 Å². The summed E-state index contributed by atoms with van der Waals surface area (Å²) in [4.78, 5) is 31.4. The van der Waals surface area contributed by atoms with Crippen LogP contribution < -0.4 is 5.73 Å². The van der Waals surface area contributed by atoms with Crippen molar-refractivity contribution in [2.24, 2.45) is 10.9 Å². The second-order valence-electron chi connectivity index (χ2n) is 5.78. The van der Waals surface area contributed by atoms with Gasteiger partial charge in [-0.15, -0.1) is 0 Å². The highest BCUT2D eigenvalue weighted by Gasteiger charge is 2.32. The quantitative estimate of drug-likeness (QED) is 0.663. The number of thioether (sulfide) groups is 1. The van der Waals surface area contributed by atoms with Crippen molar-refractivity contribution < 1.29 is 19.2 Å². The largest absolute Gasteiger partial charge is 0.444 e. The summed E-state index contributed by atoms with van der Waals surface area (Å²) in [5, 5.41) is 3.79. The normalized spacial score (nSPS) is 17.2. The molecule has 0 fully saturated rings. The summed E-state index contributed by atoms with van der Waals surface area (Å²) in [6.07, 6.45) is 1.75. The molecule has 1 aromatic carbocycles. The third-order valence-corrected chi connectivity index (χ3v) is 4.84. The number of oxime groups is 1. The number of amides is 2. The first-order chi connectivity index (χ1) is 12.5. The molecular weight excluding hydrogens is 422 g/mol. The van der Waals surface area contributed by atoms with E-state index in [4.69, 9.17) is 15.3 Å². The van der Waals surface area contributed by atoms with E-state index in [-0.39, 0.29) is 13.2 Å². The minimum atomic E-state index is -0.766. The van der Waals surface area contributed by atoms with Gasteiger partial charge in [0.1, 0.15) is 11.2 Å². The van der Waals surface area contributed by atoms with Crippen molar-refractivity contribution in [2.45, 2.75) is 31.6 Å². The molecule has 0 bridgehead atoms. The Balaban J connectivity index is 2.00. The molecule has 7 nitrogen and oxygen atoms in total. The fourth-order valence-electron chi connectivity index (χ4n) is 2.32. The Kier molecular flexibility index (Phi) is 8.40.